The second-order valence-corrected chi connectivity index (χ2v) is 8.39. The molecule has 0 aromatic rings. The first-order valence-corrected chi connectivity index (χ1v) is 10.1. The van der Waals surface area contributed by atoms with E-state index in [1.807, 2.05) is 0 Å². The number of nitrogens with zero attached hydrogens (tertiary/aromatic N) is 1. The van der Waals surface area contributed by atoms with E-state index < -0.39 is 0 Å². The topological polar surface area (TPSA) is 44.4 Å². The van der Waals surface area contributed by atoms with Crippen LogP contribution in [-0.2, 0) is 4.79 Å². The third kappa shape index (κ3) is 3.74. The zero-order chi connectivity index (χ0) is 15.6. The molecule has 4 aliphatic rings. The minimum atomic E-state index is 0.272. The summed E-state index contributed by atoms with van der Waals surface area (Å²) in [6, 6.07) is 1.49. The van der Waals surface area contributed by atoms with Gasteiger partial charge in [-0.05, 0) is 88.8 Å². The van der Waals surface area contributed by atoms with E-state index in [1.54, 1.807) is 0 Å². The van der Waals surface area contributed by atoms with Crippen LogP contribution in [0.3, 0.4) is 0 Å². The van der Waals surface area contributed by atoms with Gasteiger partial charge >= 0.3 is 0 Å². The Balaban J connectivity index is 1.24. The van der Waals surface area contributed by atoms with E-state index in [-0.39, 0.29) is 5.91 Å². The third-order valence-electron chi connectivity index (χ3n) is 6.71. The van der Waals surface area contributed by atoms with Crippen molar-refractivity contribution in [2.75, 3.05) is 26.2 Å². The van der Waals surface area contributed by atoms with Crippen LogP contribution >= 0.6 is 0 Å². The Morgan fingerprint density at radius 3 is 2.78 bits per heavy atom. The molecule has 4 heteroatoms. The molecule has 4 nitrogen and oxygen atoms in total. The summed E-state index contributed by atoms with van der Waals surface area (Å²) >= 11 is 0. The summed E-state index contributed by atoms with van der Waals surface area (Å²) in [6.07, 6.45) is 11.1. The van der Waals surface area contributed by atoms with Crippen molar-refractivity contribution in [2.45, 2.75) is 69.9 Å². The number of hydrogen-bond acceptors (Lipinski definition) is 3. The Labute approximate surface area is 140 Å². The second kappa shape index (κ2) is 7.10. The van der Waals surface area contributed by atoms with Crippen molar-refractivity contribution >= 4 is 5.91 Å². The van der Waals surface area contributed by atoms with E-state index in [9.17, 15) is 4.79 Å². The molecule has 0 radical (unpaired) electrons. The number of rotatable bonds is 6. The van der Waals surface area contributed by atoms with Gasteiger partial charge in [-0.15, -0.1) is 0 Å². The van der Waals surface area contributed by atoms with E-state index in [0.29, 0.717) is 6.04 Å². The molecule has 0 bridgehead atoms. The molecule has 1 aliphatic carbocycles. The lowest BCUT2D eigenvalue weighted by molar-refractivity contribution is -0.121. The molecule has 1 amide bonds. The van der Waals surface area contributed by atoms with Crippen molar-refractivity contribution < 1.29 is 4.79 Å². The lowest BCUT2D eigenvalue weighted by Gasteiger charge is -2.54. The summed E-state index contributed by atoms with van der Waals surface area (Å²) < 4.78 is 0. The Morgan fingerprint density at radius 2 is 1.96 bits per heavy atom. The van der Waals surface area contributed by atoms with Crippen LogP contribution in [0.1, 0.15) is 57.8 Å². The first kappa shape index (κ1) is 15.9. The van der Waals surface area contributed by atoms with E-state index in [2.05, 4.69) is 15.5 Å². The molecule has 0 aromatic heterocycles. The highest BCUT2D eigenvalue weighted by molar-refractivity contribution is 5.75. The molecule has 4 rings (SSSR count). The molecule has 4 fully saturated rings. The molecule has 3 aliphatic heterocycles. The SMILES string of the molecule is O=C(CCC[C@H]1NC[C@@H]2CCCN3CCC[C@H]1[C@H]23)NCC1CC1. The van der Waals surface area contributed by atoms with Crippen molar-refractivity contribution in [3.05, 3.63) is 0 Å². The molecule has 0 aromatic carbocycles. The zero-order valence-electron chi connectivity index (χ0n) is 14.4. The third-order valence-corrected chi connectivity index (χ3v) is 6.71. The maximum Gasteiger partial charge on any atom is 0.220 e. The highest BCUT2D eigenvalue weighted by Gasteiger charge is 2.45. The Morgan fingerprint density at radius 1 is 1.13 bits per heavy atom. The molecule has 3 heterocycles. The molecule has 0 spiro atoms. The summed E-state index contributed by atoms with van der Waals surface area (Å²) in [7, 11) is 0. The first-order chi connectivity index (χ1) is 11.3. The van der Waals surface area contributed by atoms with Crippen LogP contribution in [0.15, 0.2) is 0 Å². The number of carbonyl (C=O) groups is 1. The highest BCUT2D eigenvalue weighted by atomic mass is 16.1. The lowest BCUT2D eigenvalue weighted by Crippen LogP contribution is -2.63. The maximum atomic E-state index is 11.9. The smallest absolute Gasteiger partial charge is 0.220 e. The second-order valence-electron chi connectivity index (χ2n) is 8.39. The highest BCUT2D eigenvalue weighted by Crippen LogP contribution is 2.39. The van der Waals surface area contributed by atoms with E-state index in [0.717, 1.165) is 43.2 Å². The van der Waals surface area contributed by atoms with Gasteiger partial charge in [-0.25, -0.2) is 0 Å². The van der Waals surface area contributed by atoms with Gasteiger partial charge in [0.15, 0.2) is 0 Å². The van der Waals surface area contributed by atoms with Gasteiger partial charge in [-0.3, -0.25) is 9.69 Å². The van der Waals surface area contributed by atoms with Crippen molar-refractivity contribution in [2.24, 2.45) is 17.8 Å². The fraction of sp³-hybridized carbons (Fsp3) is 0.947. The monoisotopic (exact) mass is 319 g/mol. The van der Waals surface area contributed by atoms with Crippen LogP contribution in [0.2, 0.25) is 0 Å². The molecule has 1 saturated carbocycles. The number of nitrogens with one attached hydrogen (secondary N) is 2. The van der Waals surface area contributed by atoms with Gasteiger partial charge in [0, 0.05) is 25.0 Å². The number of amides is 1. The molecule has 3 saturated heterocycles. The molecular weight excluding hydrogens is 286 g/mol. The van der Waals surface area contributed by atoms with Crippen LogP contribution < -0.4 is 10.6 Å². The van der Waals surface area contributed by atoms with Crippen LogP contribution in [-0.4, -0.2) is 49.1 Å². The lowest BCUT2D eigenvalue weighted by atomic mass is 9.70. The van der Waals surface area contributed by atoms with Crippen molar-refractivity contribution in [3.8, 4) is 0 Å². The largest absolute Gasteiger partial charge is 0.356 e. The van der Waals surface area contributed by atoms with Gasteiger partial charge in [0.2, 0.25) is 5.91 Å². The van der Waals surface area contributed by atoms with E-state index >= 15 is 0 Å². The van der Waals surface area contributed by atoms with Gasteiger partial charge in [-0.1, -0.05) is 0 Å². The summed E-state index contributed by atoms with van der Waals surface area (Å²) in [5.41, 5.74) is 0. The van der Waals surface area contributed by atoms with E-state index in [1.165, 1.54) is 64.6 Å². The predicted molar refractivity (Wildman–Crippen MR) is 92.2 cm³/mol. The molecule has 130 valence electrons. The standard InChI is InChI=1S/C19H33N3O/c23-18(21-12-14-8-9-14)7-1-6-17-16-5-3-11-22-10-2-4-15(13-20-17)19(16)22/h14-17,19-20H,1-13H2,(H,21,23)/t15-,16+,17+,19-/m0/s1. The van der Waals surface area contributed by atoms with Crippen LogP contribution in [0.25, 0.3) is 0 Å². The number of carbonyl (C=O) groups excluding carboxylic acids is 1. The van der Waals surface area contributed by atoms with Crippen LogP contribution in [0.5, 0.6) is 0 Å². The average molecular weight is 319 g/mol. The zero-order valence-corrected chi connectivity index (χ0v) is 14.4. The fourth-order valence-corrected chi connectivity index (χ4v) is 5.34. The first-order valence-electron chi connectivity index (χ1n) is 10.1. The Bertz CT molecular complexity index is 414. The minimum absolute atomic E-state index is 0.272. The average Bonchev–Trinajstić information content (AvgIpc) is 3.40. The van der Waals surface area contributed by atoms with Gasteiger partial charge in [-0.2, -0.15) is 0 Å². The van der Waals surface area contributed by atoms with Gasteiger partial charge in [0.05, 0.1) is 0 Å². The van der Waals surface area contributed by atoms with Crippen LogP contribution in [0.4, 0.5) is 0 Å². The maximum absolute atomic E-state index is 11.9. The molecule has 0 unspecified atom stereocenters. The summed E-state index contributed by atoms with van der Waals surface area (Å²) in [4.78, 5) is 14.7. The normalized spacial score (nSPS) is 37.2. The summed E-state index contributed by atoms with van der Waals surface area (Å²) in [6.45, 7) is 4.78. The fourth-order valence-electron chi connectivity index (χ4n) is 5.34. The minimum Gasteiger partial charge on any atom is -0.356 e. The number of hydrogen-bond donors (Lipinski definition) is 2. The van der Waals surface area contributed by atoms with Gasteiger partial charge in [0.25, 0.3) is 0 Å². The van der Waals surface area contributed by atoms with Gasteiger partial charge < -0.3 is 10.6 Å². The van der Waals surface area contributed by atoms with Crippen molar-refractivity contribution in [1.82, 2.24) is 15.5 Å². The summed E-state index contributed by atoms with van der Waals surface area (Å²) in [5, 5.41) is 6.95. The van der Waals surface area contributed by atoms with Gasteiger partial charge in [0.1, 0.15) is 0 Å². The quantitative estimate of drug-likeness (QED) is 0.788. The summed E-state index contributed by atoms with van der Waals surface area (Å²) in [5.74, 6) is 2.77. The molecule has 4 atom stereocenters. The molecule has 23 heavy (non-hydrogen) atoms. The van der Waals surface area contributed by atoms with Crippen LogP contribution in [0, 0.1) is 17.8 Å². The Hall–Kier alpha value is -0.610. The molecular formula is C19H33N3O. The predicted octanol–water partition coefficient (Wildman–Crippen LogP) is 2.15. The van der Waals surface area contributed by atoms with Crippen molar-refractivity contribution in [1.29, 1.82) is 0 Å². The van der Waals surface area contributed by atoms with Crippen molar-refractivity contribution in [3.63, 3.8) is 0 Å². The molecule has 2 N–H and O–H groups in total. The van der Waals surface area contributed by atoms with E-state index in [4.69, 9.17) is 0 Å². The number of piperidine rings is 3. The Kier molecular flexibility index (Phi) is 4.91.